The summed E-state index contributed by atoms with van der Waals surface area (Å²) in [6, 6.07) is 16.3. The fourth-order valence-electron chi connectivity index (χ4n) is 4.59. The van der Waals surface area contributed by atoms with Crippen LogP contribution < -0.4 is 0 Å². The van der Waals surface area contributed by atoms with Crippen molar-refractivity contribution in [3.63, 3.8) is 0 Å². The van der Waals surface area contributed by atoms with Crippen molar-refractivity contribution in [3.05, 3.63) is 65.0 Å². The van der Waals surface area contributed by atoms with Crippen LogP contribution in [-0.4, -0.2) is 14.7 Å². The molecule has 1 aliphatic rings. The summed E-state index contributed by atoms with van der Waals surface area (Å²) in [7, 11) is -3.11. The maximum atomic E-state index is 11.6. The molecular weight excluding hydrogens is 372 g/mol. The molecule has 3 aromatic rings. The van der Waals surface area contributed by atoms with E-state index >= 15 is 0 Å². The first kappa shape index (κ1) is 18.7. The second-order valence-electron chi connectivity index (χ2n) is 8.04. The van der Waals surface area contributed by atoms with Gasteiger partial charge in [-0.1, -0.05) is 37.3 Å². The number of sulfone groups is 1. The smallest absolute Gasteiger partial charge is 0.175 e. The van der Waals surface area contributed by atoms with Gasteiger partial charge in [-0.05, 0) is 83.5 Å². The number of thiophene rings is 1. The topological polar surface area (TPSA) is 34.1 Å². The summed E-state index contributed by atoms with van der Waals surface area (Å²) in [6.07, 6.45) is 6.19. The van der Waals surface area contributed by atoms with Gasteiger partial charge in [-0.2, -0.15) is 0 Å². The highest BCUT2D eigenvalue weighted by atomic mass is 32.2. The fourth-order valence-corrected chi connectivity index (χ4v) is 6.30. The van der Waals surface area contributed by atoms with Crippen LogP contribution in [0.15, 0.2) is 58.8 Å². The molecule has 3 atom stereocenters. The molecule has 0 N–H and O–H groups in total. The molecule has 1 heterocycles. The Kier molecular flexibility index (Phi) is 5.13. The average Bonchev–Trinajstić information content (AvgIpc) is 3.28. The maximum absolute atomic E-state index is 11.6. The van der Waals surface area contributed by atoms with E-state index < -0.39 is 9.84 Å². The first-order chi connectivity index (χ1) is 12.9. The summed E-state index contributed by atoms with van der Waals surface area (Å²) in [6.45, 7) is 2.36. The quantitative estimate of drug-likeness (QED) is 0.499. The number of rotatable bonds is 5. The van der Waals surface area contributed by atoms with E-state index in [0.717, 1.165) is 5.92 Å². The first-order valence-electron chi connectivity index (χ1n) is 9.68. The van der Waals surface area contributed by atoms with Crippen LogP contribution in [0.3, 0.4) is 0 Å². The lowest BCUT2D eigenvalue weighted by molar-refractivity contribution is 0.456. The van der Waals surface area contributed by atoms with Crippen molar-refractivity contribution in [2.75, 3.05) is 6.26 Å². The molecule has 1 aromatic heterocycles. The Bertz CT molecular complexity index is 1030. The van der Waals surface area contributed by atoms with Gasteiger partial charge in [0.1, 0.15) is 0 Å². The molecule has 1 saturated carbocycles. The molecule has 0 amide bonds. The van der Waals surface area contributed by atoms with Crippen LogP contribution in [0.5, 0.6) is 0 Å². The summed E-state index contributed by atoms with van der Waals surface area (Å²) in [5, 5.41) is 3.76. The van der Waals surface area contributed by atoms with Crippen molar-refractivity contribution in [3.8, 4) is 0 Å². The number of fused-ring (bicyclic) bond motifs is 1. The van der Waals surface area contributed by atoms with E-state index in [9.17, 15) is 8.42 Å². The van der Waals surface area contributed by atoms with Crippen LogP contribution in [0, 0.1) is 5.92 Å². The van der Waals surface area contributed by atoms with Gasteiger partial charge in [0.25, 0.3) is 0 Å². The number of hydrogen-bond donors (Lipinski definition) is 0. The van der Waals surface area contributed by atoms with E-state index in [1.165, 1.54) is 53.2 Å². The lowest BCUT2D eigenvalue weighted by atomic mass is 9.88. The molecule has 2 nitrogen and oxygen atoms in total. The van der Waals surface area contributed by atoms with Crippen LogP contribution in [-0.2, 0) is 9.84 Å². The zero-order valence-electron chi connectivity index (χ0n) is 15.9. The van der Waals surface area contributed by atoms with Gasteiger partial charge in [-0.3, -0.25) is 0 Å². The van der Waals surface area contributed by atoms with Gasteiger partial charge in [-0.15, -0.1) is 11.3 Å². The zero-order valence-corrected chi connectivity index (χ0v) is 17.5. The van der Waals surface area contributed by atoms with Crippen LogP contribution in [0.25, 0.3) is 10.1 Å². The Morgan fingerprint density at radius 1 is 1.07 bits per heavy atom. The Labute approximate surface area is 166 Å². The van der Waals surface area contributed by atoms with Crippen molar-refractivity contribution in [2.24, 2.45) is 5.92 Å². The number of hydrogen-bond acceptors (Lipinski definition) is 3. The zero-order chi connectivity index (χ0) is 19.0. The van der Waals surface area contributed by atoms with Gasteiger partial charge in [0, 0.05) is 11.0 Å². The fraction of sp³-hybridized carbons (Fsp3) is 0.391. The summed E-state index contributed by atoms with van der Waals surface area (Å²) < 4.78 is 24.7. The monoisotopic (exact) mass is 398 g/mol. The Morgan fingerprint density at radius 2 is 1.81 bits per heavy atom. The van der Waals surface area contributed by atoms with Gasteiger partial charge in [0.05, 0.1) is 4.90 Å². The summed E-state index contributed by atoms with van der Waals surface area (Å²) in [5.41, 5.74) is 2.79. The van der Waals surface area contributed by atoms with E-state index in [-0.39, 0.29) is 0 Å². The molecule has 0 saturated heterocycles. The molecule has 1 aliphatic carbocycles. The highest BCUT2D eigenvalue weighted by Gasteiger charge is 2.28. The van der Waals surface area contributed by atoms with E-state index in [2.05, 4.69) is 36.6 Å². The van der Waals surface area contributed by atoms with Crippen molar-refractivity contribution in [2.45, 2.75) is 49.3 Å². The highest BCUT2D eigenvalue weighted by molar-refractivity contribution is 7.90. The lowest BCUT2D eigenvalue weighted by Crippen LogP contribution is -2.03. The van der Waals surface area contributed by atoms with Gasteiger partial charge in [-0.25, -0.2) is 8.42 Å². The van der Waals surface area contributed by atoms with E-state index in [1.54, 1.807) is 12.1 Å². The second-order valence-corrected chi connectivity index (χ2v) is 11.0. The minimum Gasteiger partial charge on any atom is -0.224 e. The molecule has 0 bridgehead atoms. The normalized spacial score (nSPS) is 21.6. The molecule has 4 heteroatoms. The summed E-state index contributed by atoms with van der Waals surface area (Å²) in [4.78, 5) is 0.416. The van der Waals surface area contributed by atoms with Crippen molar-refractivity contribution in [1.29, 1.82) is 0 Å². The van der Waals surface area contributed by atoms with Crippen LogP contribution in [0.4, 0.5) is 0 Å². The molecule has 1 unspecified atom stereocenters. The Morgan fingerprint density at radius 3 is 2.56 bits per heavy atom. The second kappa shape index (κ2) is 7.40. The molecule has 0 aliphatic heterocycles. The third kappa shape index (κ3) is 3.97. The molecular formula is C23H26O2S2. The van der Waals surface area contributed by atoms with Crippen LogP contribution >= 0.6 is 11.3 Å². The van der Waals surface area contributed by atoms with Crippen LogP contribution in [0.1, 0.15) is 55.6 Å². The standard InChI is InChI=1S/C23H26O2S2/c1-16(22-15-26-23-6-4-3-5-21(22)23)13-17-7-8-19(14-17)18-9-11-20(12-10-18)27(2,24)25/h3-6,9-12,15-17,19H,7-8,13-14H2,1-2H3/t16-,17?,19-/m0/s1. The van der Waals surface area contributed by atoms with Crippen molar-refractivity contribution < 1.29 is 8.42 Å². The summed E-state index contributed by atoms with van der Waals surface area (Å²) >= 11 is 1.85. The van der Waals surface area contributed by atoms with Crippen molar-refractivity contribution >= 4 is 31.3 Å². The first-order valence-corrected chi connectivity index (χ1v) is 12.4. The predicted molar refractivity (Wildman–Crippen MR) is 114 cm³/mol. The third-order valence-corrected chi connectivity index (χ3v) is 8.16. The molecule has 0 spiro atoms. The van der Waals surface area contributed by atoms with E-state index in [1.807, 2.05) is 23.5 Å². The average molecular weight is 399 g/mol. The van der Waals surface area contributed by atoms with Gasteiger partial charge in [0.2, 0.25) is 0 Å². The SMILES string of the molecule is C[C@@H](CC1CC[C@H](c2ccc(S(C)(=O)=O)cc2)C1)c1csc2ccccc12. The van der Waals surface area contributed by atoms with Gasteiger partial charge >= 0.3 is 0 Å². The minimum absolute atomic E-state index is 0.416. The van der Waals surface area contributed by atoms with Gasteiger partial charge < -0.3 is 0 Å². The third-order valence-electron chi connectivity index (χ3n) is 6.05. The lowest BCUT2D eigenvalue weighted by Gasteiger charge is -2.17. The Hall–Kier alpha value is -1.65. The maximum Gasteiger partial charge on any atom is 0.175 e. The molecule has 2 aromatic carbocycles. The molecule has 142 valence electrons. The van der Waals surface area contributed by atoms with Gasteiger partial charge in [0.15, 0.2) is 9.84 Å². The molecule has 1 fully saturated rings. The Balaban J connectivity index is 1.42. The molecule has 27 heavy (non-hydrogen) atoms. The largest absolute Gasteiger partial charge is 0.224 e. The predicted octanol–water partition coefficient (Wildman–Crippen LogP) is 6.38. The minimum atomic E-state index is -3.11. The van der Waals surface area contributed by atoms with Crippen LogP contribution in [0.2, 0.25) is 0 Å². The van der Waals surface area contributed by atoms with E-state index in [0.29, 0.717) is 16.7 Å². The molecule has 4 rings (SSSR count). The highest BCUT2D eigenvalue weighted by Crippen LogP contribution is 2.43. The number of benzene rings is 2. The molecule has 0 radical (unpaired) electrons. The van der Waals surface area contributed by atoms with E-state index in [4.69, 9.17) is 0 Å². The van der Waals surface area contributed by atoms with Crippen molar-refractivity contribution in [1.82, 2.24) is 0 Å². The summed E-state index contributed by atoms with van der Waals surface area (Å²) in [5.74, 6) is 1.89.